The molecule has 0 bridgehead atoms. The minimum absolute atomic E-state index is 0.167. The zero-order valence-corrected chi connectivity index (χ0v) is 11.8. The van der Waals surface area contributed by atoms with Crippen LogP contribution in [0.1, 0.15) is 83.5 Å². The van der Waals surface area contributed by atoms with E-state index >= 15 is 0 Å². The van der Waals surface area contributed by atoms with Gasteiger partial charge in [0, 0.05) is 12.8 Å². The standard InChI is InChI=1S/C16H29NO/c1-2-3-4-5-6-7-8-9-10-11-12-13-14-15-16(17)18/h1H,3-15H2,(H2,17,18). The second-order valence-corrected chi connectivity index (χ2v) is 5.06. The van der Waals surface area contributed by atoms with Gasteiger partial charge in [-0.25, -0.2) is 0 Å². The van der Waals surface area contributed by atoms with E-state index in [-0.39, 0.29) is 5.91 Å². The average Bonchev–Trinajstić information content (AvgIpc) is 2.34. The Morgan fingerprint density at radius 1 is 0.778 bits per heavy atom. The number of carbonyl (C=O) groups excluding carboxylic acids is 1. The highest BCUT2D eigenvalue weighted by Gasteiger charge is 1.95. The smallest absolute Gasteiger partial charge is 0.217 e. The van der Waals surface area contributed by atoms with Crippen LogP contribution in [0.15, 0.2) is 0 Å². The predicted molar refractivity (Wildman–Crippen MR) is 78.0 cm³/mol. The lowest BCUT2D eigenvalue weighted by molar-refractivity contribution is -0.118. The van der Waals surface area contributed by atoms with Crippen LogP contribution < -0.4 is 5.73 Å². The lowest BCUT2D eigenvalue weighted by Gasteiger charge is -2.02. The number of unbranched alkanes of at least 4 members (excludes halogenated alkanes) is 11. The summed E-state index contributed by atoms with van der Waals surface area (Å²) in [6.45, 7) is 0. The molecule has 0 heterocycles. The predicted octanol–water partition coefficient (Wildman–Crippen LogP) is 4.18. The molecule has 0 saturated carbocycles. The highest BCUT2D eigenvalue weighted by atomic mass is 16.1. The highest BCUT2D eigenvalue weighted by molar-refractivity contribution is 5.73. The summed E-state index contributed by atoms with van der Waals surface area (Å²) in [5.41, 5.74) is 5.08. The average molecular weight is 251 g/mol. The van der Waals surface area contributed by atoms with Crippen LogP contribution in [0, 0.1) is 12.3 Å². The molecule has 0 spiro atoms. The van der Waals surface area contributed by atoms with Gasteiger partial charge in [0.05, 0.1) is 0 Å². The second-order valence-electron chi connectivity index (χ2n) is 5.06. The molecule has 18 heavy (non-hydrogen) atoms. The van der Waals surface area contributed by atoms with Crippen LogP contribution in [0.4, 0.5) is 0 Å². The van der Waals surface area contributed by atoms with Crippen LogP contribution in [-0.2, 0) is 4.79 Å². The van der Waals surface area contributed by atoms with Crippen LogP contribution >= 0.6 is 0 Å². The van der Waals surface area contributed by atoms with E-state index in [1.807, 2.05) is 0 Å². The molecule has 0 aromatic rings. The van der Waals surface area contributed by atoms with Gasteiger partial charge in [-0.2, -0.15) is 0 Å². The molecular weight excluding hydrogens is 222 g/mol. The van der Waals surface area contributed by atoms with Crippen molar-refractivity contribution in [1.29, 1.82) is 0 Å². The third kappa shape index (κ3) is 15.0. The lowest BCUT2D eigenvalue weighted by atomic mass is 10.0. The first-order valence-electron chi connectivity index (χ1n) is 7.49. The van der Waals surface area contributed by atoms with Gasteiger partial charge < -0.3 is 5.73 Å². The topological polar surface area (TPSA) is 43.1 Å². The van der Waals surface area contributed by atoms with Crippen molar-refractivity contribution in [2.45, 2.75) is 83.5 Å². The summed E-state index contributed by atoms with van der Waals surface area (Å²) in [5, 5.41) is 0. The highest BCUT2D eigenvalue weighted by Crippen LogP contribution is 2.12. The van der Waals surface area contributed by atoms with Gasteiger partial charge in [-0.05, 0) is 12.8 Å². The summed E-state index contributed by atoms with van der Waals surface area (Å²) in [4.78, 5) is 10.5. The van der Waals surface area contributed by atoms with Crippen LogP contribution in [0.3, 0.4) is 0 Å². The maximum absolute atomic E-state index is 10.5. The first-order valence-corrected chi connectivity index (χ1v) is 7.49. The monoisotopic (exact) mass is 251 g/mol. The van der Waals surface area contributed by atoms with E-state index in [9.17, 15) is 4.79 Å². The van der Waals surface area contributed by atoms with Crippen molar-refractivity contribution >= 4 is 5.91 Å². The van der Waals surface area contributed by atoms with E-state index in [1.165, 1.54) is 57.8 Å². The minimum atomic E-state index is -0.167. The molecule has 2 heteroatoms. The van der Waals surface area contributed by atoms with Crippen molar-refractivity contribution < 1.29 is 4.79 Å². The fraction of sp³-hybridized carbons (Fsp3) is 0.812. The molecule has 0 aliphatic heterocycles. The van der Waals surface area contributed by atoms with E-state index in [1.54, 1.807) is 0 Å². The fourth-order valence-electron chi connectivity index (χ4n) is 2.12. The number of primary amides is 1. The van der Waals surface area contributed by atoms with Crippen LogP contribution in [-0.4, -0.2) is 5.91 Å². The maximum Gasteiger partial charge on any atom is 0.217 e. The van der Waals surface area contributed by atoms with Crippen molar-refractivity contribution in [3.8, 4) is 12.3 Å². The summed E-state index contributed by atoms with van der Waals surface area (Å²) in [6, 6.07) is 0. The van der Waals surface area contributed by atoms with Crippen molar-refractivity contribution in [3.63, 3.8) is 0 Å². The van der Waals surface area contributed by atoms with E-state index < -0.39 is 0 Å². The molecule has 0 saturated heterocycles. The van der Waals surface area contributed by atoms with Gasteiger partial charge in [0.25, 0.3) is 0 Å². The Morgan fingerprint density at radius 2 is 1.17 bits per heavy atom. The van der Waals surface area contributed by atoms with Gasteiger partial charge in [0.2, 0.25) is 5.91 Å². The second kappa shape index (κ2) is 14.1. The number of carbonyl (C=O) groups is 1. The Labute approximate surface area is 113 Å². The fourth-order valence-corrected chi connectivity index (χ4v) is 2.12. The molecular formula is C16H29NO. The Kier molecular flexibility index (Phi) is 13.3. The summed E-state index contributed by atoms with van der Waals surface area (Å²) >= 11 is 0. The van der Waals surface area contributed by atoms with Gasteiger partial charge >= 0.3 is 0 Å². The Balaban J connectivity index is 2.95. The van der Waals surface area contributed by atoms with E-state index in [2.05, 4.69) is 5.92 Å². The number of hydrogen-bond donors (Lipinski definition) is 1. The zero-order chi connectivity index (χ0) is 13.5. The first kappa shape index (κ1) is 17.0. The summed E-state index contributed by atoms with van der Waals surface area (Å²) in [7, 11) is 0. The van der Waals surface area contributed by atoms with Gasteiger partial charge in [0.15, 0.2) is 0 Å². The quantitative estimate of drug-likeness (QED) is 0.387. The summed E-state index contributed by atoms with van der Waals surface area (Å²) in [6.07, 6.45) is 20.6. The number of hydrogen-bond acceptors (Lipinski definition) is 1. The van der Waals surface area contributed by atoms with Gasteiger partial charge in [-0.15, -0.1) is 12.3 Å². The van der Waals surface area contributed by atoms with Gasteiger partial charge in [-0.3, -0.25) is 4.79 Å². The molecule has 0 aromatic heterocycles. The van der Waals surface area contributed by atoms with Crippen molar-refractivity contribution in [1.82, 2.24) is 0 Å². The minimum Gasteiger partial charge on any atom is -0.370 e. The molecule has 0 radical (unpaired) electrons. The Morgan fingerprint density at radius 3 is 1.56 bits per heavy atom. The molecule has 0 aliphatic carbocycles. The van der Waals surface area contributed by atoms with E-state index in [0.29, 0.717) is 6.42 Å². The van der Waals surface area contributed by atoms with E-state index in [4.69, 9.17) is 12.2 Å². The summed E-state index contributed by atoms with van der Waals surface area (Å²) < 4.78 is 0. The third-order valence-corrected chi connectivity index (χ3v) is 3.24. The van der Waals surface area contributed by atoms with Crippen molar-refractivity contribution in [2.75, 3.05) is 0 Å². The van der Waals surface area contributed by atoms with E-state index in [0.717, 1.165) is 19.3 Å². The SMILES string of the molecule is C#CCCCCCCCCCCCCCC(N)=O. The molecule has 1 amide bonds. The summed E-state index contributed by atoms with van der Waals surface area (Å²) in [5.74, 6) is 2.51. The van der Waals surface area contributed by atoms with Gasteiger partial charge in [-0.1, -0.05) is 57.8 Å². The van der Waals surface area contributed by atoms with Crippen LogP contribution in [0.25, 0.3) is 0 Å². The normalized spacial score (nSPS) is 10.2. The first-order chi connectivity index (χ1) is 8.77. The van der Waals surface area contributed by atoms with Crippen molar-refractivity contribution in [2.24, 2.45) is 5.73 Å². The number of amides is 1. The largest absolute Gasteiger partial charge is 0.370 e. The van der Waals surface area contributed by atoms with Crippen LogP contribution in [0.5, 0.6) is 0 Å². The lowest BCUT2D eigenvalue weighted by Crippen LogP contribution is -2.09. The molecule has 0 unspecified atom stereocenters. The van der Waals surface area contributed by atoms with Gasteiger partial charge in [0.1, 0.15) is 0 Å². The number of rotatable bonds is 13. The molecule has 0 aliphatic rings. The molecule has 104 valence electrons. The maximum atomic E-state index is 10.5. The Hall–Kier alpha value is -0.970. The Bertz CT molecular complexity index is 230. The number of nitrogens with two attached hydrogens (primary N) is 1. The van der Waals surface area contributed by atoms with Crippen molar-refractivity contribution in [3.05, 3.63) is 0 Å². The molecule has 2 N–H and O–H groups in total. The third-order valence-electron chi connectivity index (χ3n) is 3.24. The molecule has 0 aromatic carbocycles. The zero-order valence-electron chi connectivity index (χ0n) is 11.8. The molecule has 0 fully saturated rings. The molecule has 2 nitrogen and oxygen atoms in total. The van der Waals surface area contributed by atoms with Crippen LogP contribution in [0.2, 0.25) is 0 Å². The number of terminal acetylenes is 1. The molecule has 0 rings (SSSR count). The molecule has 0 atom stereocenters.